The number of carboxylic acid groups (broad SMARTS) is 1. The Morgan fingerprint density at radius 1 is 1.62 bits per heavy atom. The SMILES string of the molecule is COc1ccc2c(c1Cl)CC(C(=O)O)CN2. The molecule has 0 fully saturated rings. The highest BCUT2D eigenvalue weighted by molar-refractivity contribution is 6.33. The Hall–Kier alpha value is -1.42. The fourth-order valence-electron chi connectivity index (χ4n) is 1.85. The minimum atomic E-state index is -0.808. The molecule has 0 bridgehead atoms. The number of halogens is 1. The average Bonchev–Trinajstić information content (AvgIpc) is 2.29. The summed E-state index contributed by atoms with van der Waals surface area (Å²) in [5, 5.41) is 12.5. The van der Waals surface area contributed by atoms with Crippen molar-refractivity contribution < 1.29 is 14.6 Å². The van der Waals surface area contributed by atoms with Crippen LogP contribution in [0.3, 0.4) is 0 Å². The van der Waals surface area contributed by atoms with Gasteiger partial charge in [-0.05, 0) is 24.1 Å². The molecule has 5 heteroatoms. The standard InChI is InChI=1S/C11H12ClNO3/c1-16-9-3-2-8-7(10(9)12)4-6(5-13-8)11(14)15/h2-3,6,13H,4-5H2,1H3,(H,14,15). The van der Waals surface area contributed by atoms with Crippen LogP contribution in [-0.4, -0.2) is 24.7 Å². The van der Waals surface area contributed by atoms with Gasteiger partial charge in [-0.25, -0.2) is 0 Å². The van der Waals surface area contributed by atoms with E-state index >= 15 is 0 Å². The van der Waals surface area contributed by atoms with Crippen LogP contribution < -0.4 is 10.1 Å². The van der Waals surface area contributed by atoms with Gasteiger partial charge in [0.1, 0.15) is 5.75 Å². The second-order valence-corrected chi connectivity index (χ2v) is 4.11. The quantitative estimate of drug-likeness (QED) is 0.832. The fraction of sp³-hybridized carbons (Fsp3) is 0.364. The summed E-state index contributed by atoms with van der Waals surface area (Å²) in [4.78, 5) is 10.9. The number of methoxy groups -OCH3 is 1. The van der Waals surface area contributed by atoms with Crippen LogP contribution in [0.2, 0.25) is 5.02 Å². The highest BCUT2D eigenvalue weighted by atomic mass is 35.5. The average molecular weight is 242 g/mol. The van der Waals surface area contributed by atoms with Gasteiger partial charge in [-0.2, -0.15) is 0 Å². The van der Waals surface area contributed by atoms with Crippen molar-refractivity contribution in [2.24, 2.45) is 5.92 Å². The van der Waals surface area contributed by atoms with Crippen molar-refractivity contribution in [3.63, 3.8) is 0 Å². The minimum Gasteiger partial charge on any atom is -0.495 e. The molecular formula is C11H12ClNO3. The molecule has 4 nitrogen and oxygen atoms in total. The summed E-state index contributed by atoms with van der Waals surface area (Å²) < 4.78 is 5.10. The Balaban J connectivity index is 2.38. The molecule has 1 aromatic carbocycles. The maximum atomic E-state index is 10.9. The van der Waals surface area contributed by atoms with E-state index < -0.39 is 11.9 Å². The van der Waals surface area contributed by atoms with Crippen LogP contribution in [-0.2, 0) is 11.2 Å². The van der Waals surface area contributed by atoms with Crippen molar-refractivity contribution in [3.8, 4) is 5.75 Å². The van der Waals surface area contributed by atoms with E-state index in [-0.39, 0.29) is 0 Å². The summed E-state index contributed by atoms with van der Waals surface area (Å²) in [6, 6.07) is 3.63. The number of carboxylic acids is 1. The Morgan fingerprint density at radius 3 is 3.00 bits per heavy atom. The Kier molecular flexibility index (Phi) is 2.92. The number of anilines is 1. The molecule has 0 aliphatic carbocycles. The van der Waals surface area contributed by atoms with Gasteiger partial charge < -0.3 is 15.2 Å². The summed E-state index contributed by atoms with van der Waals surface area (Å²) in [7, 11) is 1.54. The van der Waals surface area contributed by atoms with Crippen LogP contribution in [0.15, 0.2) is 12.1 Å². The number of rotatable bonds is 2. The third kappa shape index (κ3) is 1.80. The predicted molar refractivity (Wildman–Crippen MR) is 61.3 cm³/mol. The summed E-state index contributed by atoms with van der Waals surface area (Å²) >= 11 is 6.14. The minimum absolute atomic E-state index is 0.433. The van der Waals surface area contributed by atoms with Crippen LogP contribution in [0, 0.1) is 5.92 Å². The Morgan fingerprint density at radius 2 is 2.38 bits per heavy atom. The van der Waals surface area contributed by atoms with Gasteiger partial charge in [0.2, 0.25) is 0 Å². The van der Waals surface area contributed by atoms with E-state index in [1.807, 2.05) is 6.07 Å². The molecule has 1 atom stereocenters. The molecule has 0 saturated carbocycles. The van der Waals surface area contributed by atoms with Crippen molar-refractivity contribution in [2.75, 3.05) is 19.0 Å². The van der Waals surface area contributed by atoms with Gasteiger partial charge in [-0.3, -0.25) is 4.79 Å². The van der Waals surface area contributed by atoms with Crippen LogP contribution >= 0.6 is 11.6 Å². The number of hydrogen-bond acceptors (Lipinski definition) is 3. The first-order chi connectivity index (χ1) is 7.63. The normalized spacial score (nSPS) is 18.5. The summed E-state index contributed by atoms with van der Waals surface area (Å²) in [5.74, 6) is -0.664. The van der Waals surface area contributed by atoms with E-state index in [1.54, 1.807) is 13.2 Å². The van der Waals surface area contributed by atoms with Crippen molar-refractivity contribution in [1.82, 2.24) is 0 Å². The van der Waals surface area contributed by atoms with Gasteiger partial charge >= 0.3 is 5.97 Å². The van der Waals surface area contributed by atoms with E-state index in [9.17, 15) is 4.79 Å². The highest BCUT2D eigenvalue weighted by Crippen LogP contribution is 2.37. The molecule has 86 valence electrons. The maximum Gasteiger partial charge on any atom is 0.308 e. The topological polar surface area (TPSA) is 58.6 Å². The molecular weight excluding hydrogens is 230 g/mol. The second kappa shape index (κ2) is 4.22. The lowest BCUT2D eigenvalue weighted by Crippen LogP contribution is -2.29. The summed E-state index contributed by atoms with van der Waals surface area (Å²) in [6.07, 6.45) is 0.438. The van der Waals surface area contributed by atoms with Crippen molar-refractivity contribution >= 4 is 23.3 Å². The highest BCUT2D eigenvalue weighted by Gasteiger charge is 2.26. The Labute approximate surface area is 98.2 Å². The lowest BCUT2D eigenvalue weighted by Gasteiger charge is -2.24. The number of aliphatic carboxylic acids is 1. The van der Waals surface area contributed by atoms with E-state index in [4.69, 9.17) is 21.4 Å². The zero-order valence-electron chi connectivity index (χ0n) is 8.79. The first kappa shape index (κ1) is 11.1. The van der Waals surface area contributed by atoms with Gasteiger partial charge in [0.25, 0.3) is 0 Å². The van der Waals surface area contributed by atoms with Crippen LogP contribution in [0.4, 0.5) is 5.69 Å². The predicted octanol–water partition coefficient (Wildman–Crippen LogP) is 2.02. The second-order valence-electron chi connectivity index (χ2n) is 3.73. The summed E-state index contributed by atoms with van der Waals surface area (Å²) in [6.45, 7) is 0.436. The lowest BCUT2D eigenvalue weighted by atomic mass is 9.94. The molecule has 0 aromatic heterocycles. The third-order valence-corrected chi connectivity index (χ3v) is 3.18. The molecule has 1 aliphatic rings. The molecule has 0 radical (unpaired) electrons. The molecule has 0 amide bonds. The molecule has 16 heavy (non-hydrogen) atoms. The van der Waals surface area contributed by atoms with Crippen LogP contribution in [0.5, 0.6) is 5.75 Å². The van der Waals surface area contributed by atoms with Crippen molar-refractivity contribution in [2.45, 2.75) is 6.42 Å². The summed E-state index contributed by atoms with van der Waals surface area (Å²) in [5.41, 5.74) is 1.71. The monoisotopic (exact) mass is 241 g/mol. The van der Waals surface area contributed by atoms with Gasteiger partial charge in [0, 0.05) is 12.2 Å². The van der Waals surface area contributed by atoms with Crippen molar-refractivity contribution in [3.05, 3.63) is 22.7 Å². The molecule has 1 aromatic rings. The van der Waals surface area contributed by atoms with Gasteiger partial charge in [0.15, 0.2) is 0 Å². The number of hydrogen-bond donors (Lipinski definition) is 2. The van der Waals surface area contributed by atoms with Crippen LogP contribution in [0.1, 0.15) is 5.56 Å². The fourth-order valence-corrected chi connectivity index (χ4v) is 2.17. The zero-order valence-corrected chi connectivity index (χ0v) is 9.54. The molecule has 2 N–H and O–H groups in total. The maximum absolute atomic E-state index is 10.9. The number of fused-ring (bicyclic) bond motifs is 1. The van der Waals surface area contributed by atoms with Crippen LogP contribution in [0.25, 0.3) is 0 Å². The first-order valence-corrected chi connectivity index (χ1v) is 5.33. The van der Waals surface area contributed by atoms with E-state index in [0.29, 0.717) is 23.7 Å². The number of ether oxygens (including phenoxy) is 1. The zero-order chi connectivity index (χ0) is 11.7. The van der Waals surface area contributed by atoms with E-state index in [0.717, 1.165) is 11.3 Å². The van der Waals surface area contributed by atoms with Gasteiger partial charge in [-0.1, -0.05) is 11.6 Å². The smallest absolute Gasteiger partial charge is 0.308 e. The van der Waals surface area contributed by atoms with E-state index in [2.05, 4.69) is 5.32 Å². The third-order valence-electron chi connectivity index (χ3n) is 2.77. The number of carbonyl (C=O) groups is 1. The Bertz CT molecular complexity index is 433. The molecule has 2 rings (SSSR count). The molecule has 0 saturated heterocycles. The molecule has 1 aliphatic heterocycles. The first-order valence-electron chi connectivity index (χ1n) is 4.95. The molecule has 1 heterocycles. The van der Waals surface area contributed by atoms with Gasteiger partial charge in [-0.15, -0.1) is 0 Å². The van der Waals surface area contributed by atoms with Gasteiger partial charge in [0.05, 0.1) is 18.1 Å². The van der Waals surface area contributed by atoms with E-state index in [1.165, 1.54) is 0 Å². The molecule has 1 unspecified atom stereocenters. The number of benzene rings is 1. The number of nitrogens with one attached hydrogen (secondary N) is 1. The van der Waals surface area contributed by atoms with Crippen molar-refractivity contribution in [1.29, 1.82) is 0 Å². The lowest BCUT2D eigenvalue weighted by molar-refractivity contribution is -0.141. The largest absolute Gasteiger partial charge is 0.495 e. The molecule has 0 spiro atoms.